The maximum Gasteiger partial charge on any atom is 0.107 e. The van der Waals surface area contributed by atoms with Crippen LogP contribution < -0.4 is 0 Å². The first kappa shape index (κ1) is 53.0. The molecular formula is C54H106O3. The zero-order valence-corrected chi connectivity index (χ0v) is 39.8. The summed E-state index contributed by atoms with van der Waals surface area (Å²) >= 11 is 0. The molecule has 2 heterocycles. The molecule has 3 heteroatoms. The second-order valence-electron chi connectivity index (χ2n) is 19.6. The van der Waals surface area contributed by atoms with Gasteiger partial charge < -0.3 is 14.2 Å². The van der Waals surface area contributed by atoms with E-state index in [0.29, 0.717) is 12.2 Å². The molecule has 0 radical (unpaired) electrons. The standard InChI is InChI=1S/C54H106O3/c1-5-9-13-17-21-25-27-31-35-39-43-49(41-37-33-29-23-19-15-11-7-3)45-51(53-47-55-53)57-52(54-48-56-54)46-50(42-38-34-30-24-20-16-12-8-4)44-40-36-32-28-26-22-18-14-10-6-2/h49-54H,5-48H2,1-4H3. The molecule has 2 aliphatic heterocycles. The highest BCUT2D eigenvalue weighted by molar-refractivity contribution is 4.88. The predicted octanol–water partition coefficient (Wildman–Crippen LogP) is 18.2. The van der Waals surface area contributed by atoms with Gasteiger partial charge in [0.15, 0.2) is 0 Å². The zero-order valence-electron chi connectivity index (χ0n) is 39.8. The Morgan fingerprint density at radius 1 is 0.316 bits per heavy atom. The lowest BCUT2D eigenvalue weighted by atomic mass is 9.87. The molecule has 0 aromatic carbocycles. The monoisotopic (exact) mass is 803 g/mol. The Balaban J connectivity index is 1.90. The summed E-state index contributed by atoms with van der Waals surface area (Å²) in [6, 6.07) is 0. The van der Waals surface area contributed by atoms with Gasteiger partial charge in [-0.05, 0) is 24.7 Å². The van der Waals surface area contributed by atoms with E-state index in [4.69, 9.17) is 14.2 Å². The lowest BCUT2D eigenvalue weighted by Crippen LogP contribution is -2.33. The van der Waals surface area contributed by atoms with E-state index in [0.717, 1.165) is 25.0 Å². The molecule has 0 aromatic heterocycles. The Morgan fingerprint density at radius 3 is 0.702 bits per heavy atom. The van der Waals surface area contributed by atoms with Crippen LogP contribution in [-0.2, 0) is 14.2 Å². The summed E-state index contributed by atoms with van der Waals surface area (Å²) in [5, 5.41) is 0. The minimum Gasteiger partial charge on any atom is -0.370 e. The highest BCUT2D eigenvalue weighted by Gasteiger charge is 2.42. The molecule has 0 spiro atoms. The Hall–Kier alpha value is -0.120. The average molecular weight is 803 g/mol. The quantitative estimate of drug-likeness (QED) is 0.0454. The molecule has 2 fully saturated rings. The second-order valence-corrected chi connectivity index (χ2v) is 19.6. The van der Waals surface area contributed by atoms with Crippen molar-refractivity contribution in [2.75, 3.05) is 13.2 Å². The van der Waals surface area contributed by atoms with Crippen LogP contribution in [0.25, 0.3) is 0 Å². The van der Waals surface area contributed by atoms with Crippen molar-refractivity contribution < 1.29 is 14.2 Å². The maximum absolute atomic E-state index is 7.27. The van der Waals surface area contributed by atoms with Crippen LogP contribution in [0.2, 0.25) is 0 Å². The van der Waals surface area contributed by atoms with Crippen LogP contribution >= 0.6 is 0 Å². The van der Waals surface area contributed by atoms with E-state index in [9.17, 15) is 0 Å². The summed E-state index contributed by atoms with van der Waals surface area (Å²) in [4.78, 5) is 0. The molecule has 0 saturated carbocycles. The molecule has 6 atom stereocenters. The second kappa shape index (κ2) is 40.0. The number of unbranched alkanes of at least 4 members (excludes halogenated alkanes) is 32. The third kappa shape index (κ3) is 33.2. The van der Waals surface area contributed by atoms with Crippen molar-refractivity contribution in [1.82, 2.24) is 0 Å². The van der Waals surface area contributed by atoms with Gasteiger partial charge in [-0.15, -0.1) is 0 Å². The van der Waals surface area contributed by atoms with Gasteiger partial charge in [0, 0.05) is 0 Å². The van der Waals surface area contributed by atoms with E-state index in [-0.39, 0.29) is 12.2 Å². The van der Waals surface area contributed by atoms with Gasteiger partial charge in [0.05, 0.1) is 25.4 Å². The maximum atomic E-state index is 7.27. The van der Waals surface area contributed by atoms with E-state index < -0.39 is 0 Å². The van der Waals surface area contributed by atoms with E-state index in [2.05, 4.69) is 27.7 Å². The molecule has 57 heavy (non-hydrogen) atoms. The summed E-state index contributed by atoms with van der Waals surface area (Å²) in [5.74, 6) is 1.57. The molecule has 6 unspecified atom stereocenters. The molecule has 2 aliphatic rings. The Labute approximate surface area is 359 Å². The number of rotatable bonds is 48. The van der Waals surface area contributed by atoms with Crippen LogP contribution in [0, 0.1) is 11.8 Å². The van der Waals surface area contributed by atoms with Crippen LogP contribution in [-0.4, -0.2) is 37.6 Å². The molecule has 0 amide bonds. The van der Waals surface area contributed by atoms with Gasteiger partial charge in [0.25, 0.3) is 0 Å². The highest BCUT2D eigenvalue weighted by Crippen LogP contribution is 2.35. The van der Waals surface area contributed by atoms with Crippen molar-refractivity contribution >= 4 is 0 Å². The molecule has 340 valence electrons. The molecule has 0 bridgehead atoms. The third-order valence-corrected chi connectivity index (χ3v) is 13.9. The molecule has 3 nitrogen and oxygen atoms in total. The van der Waals surface area contributed by atoms with Gasteiger partial charge in [0.1, 0.15) is 12.2 Å². The lowest BCUT2D eigenvalue weighted by Gasteiger charge is -2.29. The van der Waals surface area contributed by atoms with Crippen molar-refractivity contribution in [2.24, 2.45) is 11.8 Å². The van der Waals surface area contributed by atoms with Crippen molar-refractivity contribution in [3.05, 3.63) is 0 Å². The fourth-order valence-electron chi connectivity index (χ4n) is 9.75. The SMILES string of the molecule is CCCCCCCCCCCCC(CCCCCCCCCC)CC(OC(CC(CCCCCCCCCC)CCCCCCCCCCCC)C1CO1)C1CO1. The largest absolute Gasteiger partial charge is 0.370 e. The van der Waals surface area contributed by atoms with E-state index in [1.54, 1.807) is 0 Å². The molecular weight excluding hydrogens is 697 g/mol. The van der Waals surface area contributed by atoms with E-state index in [1.807, 2.05) is 0 Å². The van der Waals surface area contributed by atoms with Crippen LogP contribution in [0.1, 0.15) is 297 Å². The summed E-state index contributed by atoms with van der Waals surface area (Å²) in [7, 11) is 0. The van der Waals surface area contributed by atoms with Crippen molar-refractivity contribution in [3.8, 4) is 0 Å². The molecule has 0 aliphatic carbocycles. The van der Waals surface area contributed by atoms with Gasteiger partial charge in [-0.3, -0.25) is 0 Å². The minimum absolute atomic E-state index is 0.266. The van der Waals surface area contributed by atoms with Crippen LogP contribution in [0.3, 0.4) is 0 Å². The summed E-state index contributed by atoms with van der Waals surface area (Å²) in [6.45, 7) is 11.1. The number of ether oxygens (including phenoxy) is 3. The number of epoxide rings is 2. The van der Waals surface area contributed by atoms with Gasteiger partial charge in [-0.2, -0.15) is 0 Å². The summed E-state index contributed by atoms with van der Waals surface area (Å²) in [6.07, 6.45) is 60.4. The summed E-state index contributed by atoms with van der Waals surface area (Å²) in [5.41, 5.74) is 0. The molecule has 0 aromatic rings. The first-order chi connectivity index (χ1) is 28.2. The van der Waals surface area contributed by atoms with Gasteiger partial charge in [-0.25, -0.2) is 0 Å². The first-order valence-corrected chi connectivity index (χ1v) is 27.1. The van der Waals surface area contributed by atoms with Crippen molar-refractivity contribution in [2.45, 2.75) is 322 Å². The van der Waals surface area contributed by atoms with Gasteiger partial charge in [0.2, 0.25) is 0 Å². The fraction of sp³-hybridized carbons (Fsp3) is 1.00. The lowest BCUT2D eigenvalue weighted by molar-refractivity contribution is -0.0598. The van der Waals surface area contributed by atoms with Crippen LogP contribution in [0.5, 0.6) is 0 Å². The van der Waals surface area contributed by atoms with E-state index in [1.165, 1.54) is 270 Å². The summed E-state index contributed by atoms with van der Waals surface area (Å²) < 4.78 is 19.4. The number of hydrogen-bond donors (Lipinski definition) is 0. The average Bonchev–Trinajstić information content (AvgIpc) is 4.15. The van der Waals surface area contributed by atoms with Gasteiger partial charge in [-0.1, -0.05) is 285 Å². The van der Waals surface area contributed by atoms with Gasteiger partial charge >= 0.3 is 0 Å². The molecule has 0 N–H and O–H groups in total. The highest BCUT2D eigenvalue weighted by atomic mass is 16.6. The van der Waals surface area contributed by atoms with E-state index >= 15 is 0 Å². The Morgan fingerprint density at radius 2 is 0.509 bits per heavy atom. The first-order valence-electron chi connectivity index (χ1n) is 27.1. The molecule has 2 rings (SSSR count). The Kier molecular flexibility index (Phi) is 37.2. The minimum atomic E-state index is 0.266. The third-order valence-electron chi connectivity index (χ3n) is 13.9. The zero-order chi connectivity index (χ0) is 40.7. The smallest absolute Gasteiger partial charge is 0.107 e. The number of hydrogen-bond acceptors (Lipinski definition) is 3. The van der Waals surface area contributed by atoms with Crippen molar-refractivity contribution in [1.29, 1.82) is 0 Å². The molecule has 2 saturated heterocycles. The Bertz CT molecular complexity index is 728. The fourth-order valence-corrected chi connectivity index (χ4v) is 9.75. The topological polar surface area (TPSA) is 34.3 Å². The van der Waals surface area contributed by atoms with Crippen molar-refractivity contribution in [3.63, 3.8) is 0 Å². The predicted molar refractivity (Wildman–Crippen MR) is 252 cm³/mol. The normalized spacial score (nSPS) is 18.5. The van der Waals surface area contributed by atoms with Crippen LogP contribution in [0.15, 0.2) is 0 Å². The van der Waals surface area contributed by atoms with Crippen LogP contribution in [0.4, 0.5) is 0 Å².